The van der Waals surface area contributed by atoms with Crippen LogP contribution >= 0.6 is 0 Å². The first-order valence-electron chi connectivity index (χ1n) is 12.0. The molecule has 0 radical (unpaired) electrons. The minimum absolute atomic E-state index is 0.00356. The summed E-state index contributed by atoms with van der Waals surface area (Å²) in [5.74, 6) is 0.778. The lowest BCUT2D eigenvalue weighted by atomic mass is 9.95. The molecule has 1 aliphatic rings. The number of nitrogens with one attached hydrogen (secondary N) is 1. The topological polar surface area (TPSA) is 58.6 Å². The Balaban J connectivity index is 1.62. The van der Waals surface area contributed by atoms with Crippen LogP contribution in [0.15, 0.2) is 60.7 Å². The van der Waals surface area contributed by atoms with Crippen LogP contribution in [0.5, 0.6) is 5.75 Å². The number of carbonyl (C=O) groups is 2. The van der Waals surface area contributed by atoms with Gasteiger partial charge in [0, 0.05) is 19.0 Å². The highest BCUT2D eigenvalue weighted by atomic mass is 16.5. The Kier molecular flexibility index (Phi) is 9.60. The van der Waals surface area contributed by atoms with E-state index in [1.54, 1.807) is 4.90 Å². The molecule has 0 heterocycles. The van der Waals surface area contributed by atoms with Crippen molar-refractivity contribution >= 4 is 11.8 Å². The summed E-state index contributed by atoms with van der Waals surface area (Å²) in [7, 11) is 0. The molecule has 1 N–H and O–H groups in total. The predicted octanol–water partition coefficient (Wildman–Crippen LogP) is 5.10. The summed E-state index contributed by atoms with van der Waals surface area (Å²) < 4.78 is 5.74. The van der Waals surface area contributed by atoms with Crippen molar-refractivity contribution in [3.05, 3.63) is 66.2 Å². The minimum Gasteiger partial charge on any atom is -0.494 e. The van der Waals surface area contributed by atoms with E-state index in [1.165, 1.54) is 6.42 Å². The molecule has 0 bridgehead atoms. The number of hydrogen-bond acceptors (Lipinski definition) is 3. The maximum absolute atomic E-state index is 13.2. The van der Waals surface area contributed by atoms with E-state index in [0.717, 1.165) is 37.0 Å². The van der Waals surface area contributed by atoms with Crippen LogP contribution in [0.2, 0.25) is 0 Å². The van der Waals surface area contributed by atoms with E-state index in [0.29, 0.717) is 32.4 Å². The molecule has 3 rings (SSSR count). The molecule has 0 aliphatic heterocycles. The molecule has 0 saturated heterocycles. The summed E-state index contributed by atoms with van der Waals surface area (Å²) in [5, 5.41) is 3.22. The van der Waals surface area contributed by atoms with Crippen molar-refractivity contribution in [1.82, 2.24) is 10.2 Å². The van der Waals surface area contributed by atoms with Crippen molar-refractivity contribution in [2.45, 2.75) is 76.9 Å². The van der Waals surface area contributed by atoms with Crippen LogP contribution in [-0.2, 0) is 16.1 Å². The number of benzene rings is 2. The molecule has 2 amide bonds. The number of carbonyl (C=O) groups excluding carboxylic acids is 2. The van der Waals surface area contributed by atoms with Crippen molar-refractivity contribution in [1.29, 1.82) is 0 Å². The summed E-state index contributed by atoms with van der Waals surface area (Å²) in [4.78, 5) is 28.2. The van der Waals surface area contributed by atoms with Gasteiger partial charge >= 0.3 is 0 Å². The van der Waals surface area contributed by atoms with Gasteiger partial charge in [-0.1, -0.05) is 74.7 Å². The lowest BCUT2D eigenvalue weighted by Crippen LogP contribution is -2.51. The molecule has 172 valence electrons. The Morgan fingerprint density at radius 2 is 1.66 bits per heavy atom. The van der Waals surface area contributed by atoms with Crippen LogP contribution in [0.3, 0.4) is 0 Å². The van der Waals surface area contributed by atoms with Crippen molar-refractivity contribution in [3.63, 3.8) is 0 Å². The number of ether oxygens (including phenoxy) is 1. The summed E-state index contributed by atoms with van der Waals surface area (Å²) in [6.45, 7) is 2.89. The number of para-hydroxylation sites is 1. The fourth-order valence-electron chi connectivity index (χ4n) is 4.32. The van der Waals surface area contributed by atoms with Gasteiger partial charge in [-0.05, 0) is 43.4 Å². The lowest BCUT2D eigenvalue weighted by molar-refractivity contribution is -0.142. The predicted molar refractivity (Wildman–Crippen MR) is 127 cm³/mol. The van der Waals surface area contributed by atoms with Crippen LogP contribution in [-0.4, -0.2) is 35.4 Å². The van der Waals surface area contributed by atoms with Crippen LogP contribution in [0.25, 0.3) is 0 Å². The van der Waals surface area contributed by atoms with Crippen molar-refractivity contribution < 1.29 is 14.3 Å². The van der Waals surface area contributed by atoms with Gasteiger partial charge in [-0.3, -0.25) is 9.59 Å². The molecule has 2 aromatic carbocycles. The third-order valence-electron chi connectivity index (χ3n) is 6.08. The van der Waals surface area contributed by atoms with Gasteiger partial charge in [0.25, 0.3) is 0 Å². The largest absolute Gasteiger partial charge is 0.494 e. The minimum atomic E-state index is -0.459. The highest BCUT2D eigenvalue weighted by Crippen LogP contribution is 2.19. The molecular weight excluding hydrogens is 400 g/mol. The van der Waals surface area contributed by atoms with E-state index >= 15 is 0 Å². The Bertz CT molecular complexity index is 819. The van der Waals surface area contributed by atoms with Gasteiger partial charge in [-0.15, -0.1) is 0 Å². The average Bonchev–Trinajstić information content (AvgIpc) is 2.83. The highest BCUT2D eigenvalue weighted by molar-refractivity contribution is 5.87. The third-order valence-corrected chi connectivity index (χ3v) is 6.08. The molecule has 0 aromatic heterocycles. The molecule has 1 atom stereocenters. The fourth-order valence-corrected chi connectivity index (χ4v) is 4.32. The summed E-state index contributed by atoms with van der Waals surface area (Å²) in [5.41, 5.74) is 1.03. The summed E-state index contributed by atoms with van der Waals surface area (Å²) in [6, 6.07) is 19.3. The van der Waals surface area contributed by atoms with Crippen LogP contribution in [0, 0.1) is 0 Å². The van der Waals surface area contributed by atoms with Gasteiger partial charge in [-0.2, -0.15) is 0 Å². The van der Waals surface area contributed by atoms with Gasteiger partial charge in [0.15, 0.2) is 0 Å². The zero-order chi connectivity index (χ0) is 22.6. The van der Waals surface area contributed by atoms with E-state index in [-0.39, 0.29) is 17.9 Å². The first-order chi connectivity index (χ1) is 15.7. The molecule has 32 heavy (non-hydrogen) atoms. The van der Waals surface area contributed by atoms with E-state index in [9.17, 15) is 9.59 Å². The van der Waals surface area contributed by atoms with Crippen molar-refractivity contribution in [2.24, 2.45) is 0 Å². The molecule has 2 aromatic rings. The highest BCUT2D eigenvalue weighted by Gasteiger charge is 2.30. The molecule has 1 saturated carbocycles. The summed E-state index contributed by atoms with van der Waals surface area (Å²) >= 11 is 0. The van der Waals surface area contributed by atoms with Gasteiger partial charge in [0.1, 0.15) is 11.8 Å². The van der Waals surface area contributed by atoms with Gasteiger partial charge in [0.2, 0.25) is 11.8 Å². The average molecular weight is 437 g/mol. The number of nitrogens with zero attached hydrogens (tertiary/aromatic N) is 1. The van der Waals surface area contributed by atoms with Crippen LogP contribution < -0.4 is 10.1 Å². The second-order valence-corrected chi connectivity index (χ2v) is 8.54. The Hall–Kier alpha value is -2.82. The van der Waals surface area contributed by atoms with Crippen molar-refractivity contribution in [2.75, 3.05) is 6.61 Å². The maximum atomic E-state index is 13.2. The second kappa shape index (κ2) is 12.9. The normalized spacial score (nSPS) is 15.0. The number of hydrogen-bond donors (Lipinski definition) is 1. The number of rotatable bonds is 11. The van der Waals surface area contributed by atoms with E-state index < -0.39 is 6.04 Å². The molecular formula is C27H36N2O3. The Morgan fingerprint density at radius 1 is 1.00 bits per heavy atom. The smallest absolute Gasteiger partial charge is 0.243 e. The zero-order valence-corrected chi connectivity index (χ0v) is 19.2. The maximum Gasteiger partial charge on any atom is 0.243 e. The Morgan fingerprint density at radius 3 is 2.31 bits per heavy atom. The molecule has 5 nitrogen and oxygen atoms in total. The first kappa shape index (κ1) is 23.8. The summed E-state index contributed by atoms with van der Waals surface area (Å²) in [6.07, 6.45) is 7.19. The number of amides is 2. The van der Waals surface area contributed by atoms with Gasteiger partial charge in [-0.25, -0.2) is 0 Å². The van der Waals surface area contributed by atoms with E-state index in [4.69, 9.17) is 4.74 Å². The lowest BCUT2D eigenvalue weighted by Gasteiger charge is -2.33. The van der Waals surface area contributed by atoms with Crippen LogP contribution in [0.4, 0.5) is 0 Å². The molecule has 0 unspecified atom stereocenters. The first-order valence-corrected chi connectivity index (χ1v) is 12.0. The molecule has 1 fully saturated rings. The third kappa shape index (κ3) is 7.40. The van der Waals surface area contributed by atoms with Gasteiger partial charge in [0.05, 0.1) is 6.61 Å². The van der Waals surface area contributed by atoms with E-state index in [1.807, 2.05) is 67.6 Å². The monoisotopic (exact) mass is 436 g/mol. The fraction of sp³-hybridized carbons (Fsp3) is 0.481. The standard InChI is InChI=1S/C27H36N2O3/c1-2-25(27(31)28-23-15-8-4-9-16-23)29(21-22-13-6-3-7-14-22)26(30)19-12-20-32-24-17-10-5-11-18-24/h3,5-7,10-11,13-14,17-18,23,25H,2,4,8-9,12,15-16,19-21H2,1H3,(H,28,31)/t25-/m0/s1. The van der Waals surface area contributed by atoms with Crippen molar-refractivity contribution in [3.8, 4) is 5.75 Å². The Labute approximate surface area is 192 Å². The molecule has 1 aliphatic carbocycles. The SMILES string of the molecule is CC[C@@H](C(=O)NC1CCCCC1)N(Cc1ccccc1)C(=O)CCCOc1ccccc1. The zero-order valence-electron chi connectivity index (χ0n) is 19.2. The van der Waals surface area contributed by atoms with Crippen LogP contribution in [0.1, 0.15) is 63.9 Å². The molecule has 5 heteroatoms. The molecule has 0 spiro atoms. The quantitative estimate of drug-likeness (QED) is 0.499. The van der Waals surface area contributed by atoms with Gasteiger partial charge < -0.3 is 15.0 Å². The van der Waals surface area contributed by atoms with E-state index in [2.05, 4.69) is 5.32 Å². The second-order valence-electron chi connectivity index (χ2n) is 8.54.